The first-order valence-corrected chi connectivity index (χ1v) is 10.4. The fraction of sp³-hybridized carbons (Fsp3) is 0.211. The third-order valence-electron chi connectivity index (χ3n) is 3.85. The van der Waals surface area contributed by atoms with Gasteiger partial charge in [0.15, 0.2) is 9.84 Å². The van der Waals surface area contributed by atoms with Crippen LogP contribution < -0.4 is 15.4 Å². The van der Waals surface area contributed by atoms with Gasteiger partial charge in [-0.15, -0.1) is 0 Å². The Morgan fingerprint density at radius 2 is 1.97 bits per heavy atom. The van der Waals surface area contributed by atoms with Crippen molar-refractivity contribution in [2.75, 3.05) is 31.8 Å². The first-order valence-electron chi connectivity index (χ1n) is 8.53. The van der Waals surface area contributed by atoms with Gasteiger partial charge in [0, 0.05) is 31.5 Å². The number of hydrogen-bond acceptors (Lipinski definition) is 7. The molecule has 0 saturated heterocycles. The number of amides is 1. The Balaban J connectivity index is 1.90. The van der Waals surface area contributed by atoms with E-state index < -0.39 is 14.8 Å². The molecule has 2 rings (SSSR count). The van der Waals surface area contributed by atoms with Crippen molar-refractivity contribution in [3.63, 3.8) is 0 Å². The molecule has 154 valence electrons. The van der Waals surface area contributed by atoms with E-state index in [1.165, 1.54) is 18.2 Å². The van der Waals surface area contributed by atoms with Gasteiger partial charge < -0.3 is 15.4 Å². The minimum absolute atomic E-state index is 0.134. The molecule has 0 radical (unpaired) electrons. The quantitative estimate of drug-likeness (QED) is 0.276. The minimum atomic E-state index is -3.55. The maximum absolute atomic E-state index is 11.9. The second kappa shape index (κ2) is 9.69. The lowest BCUT2D eigenvalue weighted by atomic mass is 10.2. The van der Waals surface area contributed by atoms with Gasteiger partial charge in [-0.3, -0.25) is 14.9 Å². The molecule has 0 unspecified atom stereocenters. The Bertz CT molecular complexity index is 1030. The highest BCUT2D eigenvalue weighted by molar-refractivity contribution is 7.90. The van der Waals surface area contributed by atoms with E-state index in [1.54, 1.807) is 25.3 Å². The molecule has 0 bridgehead atoms. The summed E-state index contributed by atoms with van der Waals surface area (Å²) in [5, 5.41) is 16.7. The number of nitro groups is 1. The maximum Gasteiger partial charge on any atom is 0.293 e. The van der Waals surface area contributed by atoms with Crippen LogP contribution in [0.15, 0.2) is 53.4 Å². The molecule has 1 amide bonds. The summed E-state index contributed by atoms with van der Waals surface area (Å²) in [6, 6.07) is 10.8. The second-order valence-electron chi connectivity index (χ2n) is 6.04. The zero-order valence-electron chi connectivity index (χ0n) is 15.9. The maximum atomic E-state index is 11.9. The average Bonchev–Trinajstić information content (AvgIpc) is 2.69. The molecule has 0 aliphatic rings. The number of methoxy groups -OCH3 is 1. The number of sulfone groups is 1. The van der Waals surface area contributed by atoms with Gasteiger partial charge >= 0.3 is 0 Å². The van der Waals surface area contributed by atoms with Crippen LogP contribution in [-0.4, -0.2) is 45.7 Å². The van der Waals surface area contributed by atoms with E-state index in [2.05, 4.69) is 10.6 Å². The number of nitrogens with one attached hydrogen (secondary N) is 2. The van der Waals surface area contributed by atoms with Gasteiger partial charge in [-0.2, -0.15) is 0 Å². The van der Waals surface area contributed by atoms with Crippen LogP contribution in [-0.2, 0) is 14.6 Å². The Morgan fingerprint density at radius 3 is 2.62 bits per heavy atom. The van der Waals surface area contributed by atoms with Gasteiger partial charge in [0.2, 0.25) is 5.91 Å². The van der Waals surface area contributed by atoms with Crippen molar-refractivity contribution < 1.29 is 22.9 Å². The largest absolute Gasteiger partial charge is 0.497 e. The van der Waals surface area contributed by atoms with E-state index in [4.69, 9.17) is 4.74 Å². The van der Waals surface area contributed by atoms with Gasteiger partial charge in [0.25, 0.3) is 5.69 Å². The average molecular weight is 419 g/mol. The van der Waals surface area contributed by atoms with Crippen LogP contribution in [0.5, 0.6) is 5.75 Å². The van der Waals surface area contributed by atoms with E-state index in [-0.39, 0.29) is 35.3 Å². The van der Waals surface area contributed by atoms with E-state index in [9.17, 15) is 23.3 Å². The molecule has 10 heteroatoms. The molecule has 29 heavy (non-hydrogen) atoms. The molecule has 0 atom stereocenters. The summed E-state index contributed by atoms with van der Waals surface area (Å²) in [5.74, 6) is 0.358. The molecule has 0 heterocycles. The summed E-state index contributed by atoms with van der Waals surface area (Å²) in [6.45, 7) is 0.435. The first kappa shape index (κ1) is 21.9. The first-order chi connectivity index (χ1) is 13.7. The van der Waals surface area contributed by atoms with E-state index >= 15 is 0 Å². The molecule has 2 aromatic carbocycles. The van der Waals surface area contributed by atoms with Crippen LogP contribution in [0.3, 0.4) is 0 Å². The standard InChI is InChI=1S/C19H21N3O6S/c1-28-15-5-3-4-14(12-15)6-9-19(23)21-11-10-20-17-8-7-16(29(2,26)27)13-18(17)22(24)25/h3-9,12-13,20H,10-11H2,1-2H3,(H,21,23)/b9-6+. The number of benzene rings is 2. The molecule has 0 saturated carbocycles. The molecule has 2 aromatic rings. The topological polar surface area (TPSA) is 128 Å². The van der Waals surface area contributed by atoms with Crippen LogP contribution in [0.1, 0.15) is 5.56 Å². The van der Waals surface area contributed by atoms with Crippen molar-refractivity contribution in [3.8, 4) is 5.75 Å². The van der Waals surface area contributed by atoms with Crippen molar-refractivity contribution in [2.24, 2.45) is 0 Å². The van der Waals surface area contributed by atoms with E-state index in [0.717, 1.165) is 17.9 Å². The normalized spacial score (nSPS) is 11.2. The van der Waals surface area contributed by atoms with Crippen molar-refractivity contribution >= 4 is 33.2 Å². The minimum Gasteiger partial charge on any atom is -0.497 e. The summed E-state index contributed by atoms with van der Waals surface area (Å²) in [4.78, 5) is 22.3. The number of carbonyl (C=O) groups is 1. The van der Waals surface area contributed by atoms with Crippen LogP contribution in [0, 0.1) is 10.1 Å². The smallest absolute Gasteiger partial charge is 0.293 e. The van der Waals surface area contributed by atoms with Crippen molar-refractivity contribution in [2.45, 2.75) is 4.90 Å². The summed E-state index contributed by atoms with van der Waals surface area (Å²) >= 11 is 0. The van der Waals surface area contributed by atoms with Gasteiger partial charge in [-0.1, -0.05) is 12.1 Å². The highest BCUT2D eigenvalue weighted by atomic mass is 32.2. The van der Waals surface area contributed by atoms with Crippen molar-refractivity contribution in [1.29, 1.82) is 0 Å². The molecule has 2 N–H and O–H groups in total. The van der Waals surface area contributed by atoms with Gasteiger partial charge in [0.05, 0.1) is 16.9 Å². The molecule has 0 spiro atoms. The van der Waals surface area contributed by atoms with Gasteiger partial charge in [-0.05, 0) is 35.9 Å². The van der Waals surface area contributed by atoms with E-state index in [0.29, 0.717) is 5.75 Å². The zero-order chi connectivity index (χ0) is 21.4. The number of carbonyl (C=O) groups excluding carboxylic acids is 1. The summed E-state index contributed by atoms with van der Waals surface area (Å²) in [6.07, 6.45) is 3.99. The second-order valence-corrected chi connectivity index (χ2v) is 8.05. The number of anilines is 1. The number of nitro benzene ring substituents is 1. The third-order valence-corrected chi connectivity index (χ3v) is 4.96. The number of nitrogens with zero attached hydrogens (tertiary/aromatic N) is 1. The Labute approximate surface area is 168 Å². The molecule has 0 aliphatic carbocycles. The van der Waals surface area contributed by atoms with E-state index in [1.807, 2.05) is 12.1 Å². The van der Waals surface area contributed by atoms with Gasteiger partial charge in [-0.25, -0.2) is 8.42 Å². The van der Waals surface area contributed by atoms with Crippen molar-refractivity contribution in [1.82, 2.24) is 5.32 Å². The van der Waals surface area contributed by atoms with Crippen LogP contribution in [0.2, 0.25) is 0 Å². The summed E-state index contributed by atoms with van der Waals surface area (Å²) in [7, 11) is -1.99. The summed E-state index contributed by atoms with van der Waals surface area (Å²) < 4.78 is 28.2. The SMILES string of the molecule is COc1cccc(/C=C/C(=O)NCCNc2ccc(S(C)(=O)=O)cc2[N+](=O)[O-])c1. The highest BCUT2D eigenvalue weighted by Gasteiger charge is 2.18. The zero-order valence-corrected chi connectivity index (χ0v) is 16.7. The lowest BCUT2D eigenvalue weighted by Gasteiger charge is -2.08. The number of hydrogen-bond donors (Lipinski definition) is 2. The molecular formula is C19H21N3O6S. The lowest BCUT2D eigenvalue weighted by Crippen LogP contribution is -2.27. The number of rotatable bonds is 9. The van der Waals surface area contributed by atoms with Crippen LogP contribution in [0.4, 0.5) is 11.4 Å². The fourth-order valence-corrected chi connectivity index (χ4v) is 3.04. The highest BCUT2D eigenvalue weighted by Crippen LogP contribution is 2.27. The van der Waals surface area contributed by atoms with Crippen molar-refractivity contribution in [3.05, 3.63) is 64.2 Å². The molecule has 0 fully saturated rings. The molecule has 0 aliphatic heterocycles. The number of ether oxygens (including phenoxy) is 1. The fourth-order valence-electron chi connectivity index (χ4n) is 2.40. The Morgan fingerprint density at radius 1 is 1.21 bits per heavy atom. The van der Waals surface area contributed by atoms with Crippen LogP contribution in [0.25, 0.3) is 6.08 Å². The van der Waals surface area contributed by atoms with Gasteiger partial charge in [0.1, 0.15) is 11.4 Å². The summed E-state index contributed by atoms with van der Waals surface area (Å²) in [5.41, 5.74) is 0.625. The monoisotopic (exact) mass is 419 g/mol. The Hall–Kier alpha value is -3.40. The third kappa shape index (κ3) is 6.61. The Kier molecular flexibility index (Phi) is 7.32. The molecule has 0 aromatic heterocycles. The molecular weight excluding hydrogens is 398 g/mol. The lowest BCUT2D eigenvalue weighted by molar-refractivity contribution is -0.384. The molecule has 9 nitrogen and oxygen atoms in total. The predicted octanol–water partition coefficient (Wildman–Crippen LogP) is 2.25. The van der Waals surface area contributed by atoms with Crippen LogP contribution >= 0.6 is 0 Å². The predicted molar refractivity (Wildman–Crippen MR) is 110 cm³/mol.